The van der Waals surface area contributed by atoms with Crippen molar-refractivity contribution in [2.24, 2.45) is 0 Å². The second kappa shape index (κ2) is 3.56. The average Bonchev–Trinajstić information content (AvgIpc) is 2.53. The van der Waals surface area contributed by atoms with E-state index in [1.807, 2.05) is 11.3 Å². The van der Waals surface area contributed by atoms with Crippen molar-refractivity contribution < 1.29 is 4.74 Å². The monoisotopic (exact) mass is 183 g/mol. The van der Waals surface area contributed by atoms with Gasteiger partial charge in [-0.1, -0.05) is 0 Å². The van der Waals surface area contributed by atoms with E-state index in [1.165, 1.54) is 10.4 Å². The highest BCUT2D eigenvalue weighted by molar-refractivity contribution is 7.10. The van der Waals surface area contributed by atoms with E-state index in [9.17, 15) is 0 Å². The highest BCUT2D eigenvalue weighted by Gasteiger charge is 2.17. The molecule has 2 heterocycles. The smallest absolute Gasteiger partial charge is 0.0670 e. The van der Waals surface area contributed by atoms with E-state index >= 15 is 0 Å². The zero-order valence-corrected chi connectivity index (χ0v) is 7.99. The third-order valence-corrected chi connectivity index (χ3v) is 3.27. The van der Waals surface area contributed by atoms with Gasteiger partial charge in [0.05, 0.1) is 19.3 Å². The van der Waals surface area contributed by atoms with Crippen LogP contribution in [0.3, 0.4) is 0 Å². The number of morpholine rings is 1. The Bertz CT molecular complexity index is 253. The first-order valence-electron chi connectivity index (χ1n) is 4.23. The molecule has 1 fully saturated rings. The zero-order valence-electron chi connectivity index (χ0n) is 7.17. The molecule has 1 N–H and O–H groups in total. The molecule has 0 bridgehead atoms. The molecule has 1 aliphatic rings. The Balaban J connectivity index is 2.13. The van der Waals surface area contributed by atoms with E-state index in [-0.39, 0.29) is 0 Å². The molecule has 0 spiro atoms. The van der Waals surface area contributed by atoms with E-state index in [0.717, 1.165) is 19.8 Å². The van der Waals surface area contributed by atoms with Crippen molar-refractivity contribution in [3.05, 3.63) is 21.9 Å². The molecular weight excluding hydrogens is 170 g/mol. The summed E-state index contributed by atoms with van der Waals surface area (Å²) in [5.74, 6) is 0. The minimum Gasteiger partial charge on any atom is -0.378 e. The van der Waals surface area contributed by atoms with Crippen LogP contribution in [0.2, 0.25) is 0 Å². The lowest BCUT2D eigenvalue weighted by atomic mass is 10.1. The van der Waals surface area contributed by atoms with Crippen molar-refractivity contribution in [2.75, 3.05) is 19.8 Å². The van der Waals surface area contributed by atoms with Gasteiger partial charge in [0.2, 0.25) is 0 Å². The van der Waals surface area contributed by atoms with E-state index in [1.54, 1.807) is 0 Å². The molecule has 2 rings (SSSR count). The lowest BCUT2D eigenvalue weighted by Crippen LogP contribution is -2.34. The standard InChI is InChI=1S/C9H13NOS/c1-7-2-5-12-9(7)8-6-11-4-3-10-8/h2,5,8,10H,3-4,6H2,1H3/t8-/m1/s1. The second-order valence-corrected chi connectivity index (χ2v) is 4.00. The van der Waals surface area contributed by atoms with Gasteiger partial charge in [-0.3, -0.25) is 0 Å². The van der Waals surface area contributed by atoms with Crippen LogP contribution in [0.1, 0.15) is 16.5 Å². The van der Waals surface area contributed by atoms with Crippen LogP contribution >= 0.6 is 11.3 Å². The topological polar surface area (TPSA) is 21.3 Å². The average molecular weight is 183 g/mol. The van der Waals surface area contributed by atoms with E-state index in [4.69, 9.17) is 4.74 Å². The number of nitrogens with one attached hydrogen (secondary N) is 1. The number of aryl methyl sites for hydroxylation is 1. The molecule has 0 saturated carbocycles. The summed E-state index contributed by atoms with van der Waals surface area (Å²) in [6.07, 6.45) is 0. The Hall–Kier alpha value is -0.380. The van der Waals surface area contributed by atoms with Gasteiger partial charge in [-0.15, -0.1) is 11.3 Å². The van der Waals surface area contributed by atoms with Gasteiger partial charge in [-0.25, -0.2) is 0 Å². The summed E-state index contributed by atoms with van der Waals surface area (Å²) in [5.41, 5.74) is 1.38. The summed E-state index contributed by atoms with van der Waals surface area (Å²) >= 11 is 1.81. The largest absolute Gasteiger partial charge is 0.378 e. The maximum absolute atomic E-state index is 5.41. The van der Waals surface area contributed by atoms with Crippen molar-refractivity contribution >= 4 is 11.3 Å². The van der Waals surface area contributed by atoms with Gasteiger partial charge < -0.3 is 10.1 Å². The summed E-state index contributed by atoms with van der Waals surface area (Å²) in [7, 11) is 0. The fraction of sp³-hybridized carbons (Fsp3) is 0.556. The normalized spacial score (nSPS) is 24.2. The first-order valence-corrected chi connectivity index (χ1v) is 5.11. The van der Waals surface area contributed by atoms with Gasteiger partial charge in [0.15, 0.2) is 0 Å². The number of thiophene rings is 1. The van der Waals surface area contributed by atoms with Crippen LogP contribution in [0.15, 0.2) is 11.4 Å². The zero-order chi connectivity index (χ0) is 8.39. The molecule has 1 aromatic rings. The molecule has 0 radical (unpaired) electrons. The van der Waals surface area contributed by atoms with Crippen LogP contribution in [0.25, 0.3) is 0 Å². The molecule has 66 valence electrons. The lowest BCUT2D eigenvalue weighted by molar-refractivity contribution is 0.0777. The highest BCUT2D eigenvalue weighted by Crippen LogP contribution is 2.24. The van der Waals surface area contributed by atoms with Gasteiger partial charge in [0.25, 0.3) is 0 Å². The molecular formula is C9H13NOS. The lowest BCUT2D eigenvalue weighted by Gasteiger charge is -2.23. The molecule has 0 amide bonds. The molecule has 3 heteroatoms. The van der Waals surface area contributed by atoms with E-state index < -0.39 is 0 Å². The van der Waals surface area contributed by atoms with Crippen molar-refractivity contribution in [1.29, 1.82) is 0 Å². The van der Waals surface area contributed by atoms with E-state index in [2.05, 4.69) is 23.7 Å². The quantitative estimate of drug-likeness (QED) is 0.715. The van der Waals surface area contributed by atoms with Crippen LogP contribution in [0.5, 0.6) is 0 Å². The number of rotatable bonds is 1. The van der Waals surface area contributed by atoms with Crippen molar-refractivity contribution in [3.63, 3.8) is 0 Å². The number of ether oxygens (including phenoxy) is 1. The molecule has 12 heavy (non-hydrogen) atoms. The number of hydrogen-bond acceptors (Lipinski definition) is 3. The Labute approximate surface area is 76.6 Å². The molecule has 0 unspecified atom stereocenters. The van der Waals surface area contributed by atoms with Crippen LogP contribution in [-0.4, -0.2) is 19.8 Å². The van der Waals surface area contributed by atoms with Gasteiger partial charge >= 0.3 is 0 Å². The molecule has 1 aromatic heterocycles. The van der Waals surface area contributed by atoms with Gasteiger partial charge in [0.1, 0.15) is 0 Å². The van der Waals surface area contributed by atoms with E-state index in [0.29, 0.717) is 6.04 Å². The molecule has 1 atom stereocenters. The third kappa shape index (κ3) is 1.53. The Morgan fingerprint density at radius 1 is 1.67 bits per heavy atom. The predicted octanol–water partition coefficient (Wildman–Crippen LogP) is 1.72. The summed E-state index contributed by atoms with van der Waals surface area (Å²) in [6, 6.07) is 2.59. The first-order chi connectivity index (χ1) is 5.88. The minimum absolute atomic E-state index is 0.429. The van der Waals surface area contributed by atoms with Crippen molar-refractivity contribution in [2.45, 2.75) is 13.0 Å². The first kappa shape index (κ1) is 8.23. The SMILES string of the molecule is Cc1ccsc1[C@H]1COCCN1. The maximum atomic E-state index is 5.41. The second-order valence-electron chi connectivity index (χ2n) is 3.05. The molecule has 1 aliphatic heterocycles. The predicted molar refractivity (Wildman–Crippen MR) is 50.6 cm³/mol. The fourth-order valence-electron chi connectivity index (χ4n) is 1.48. The van der Waals surface area contributed by atoms with Crippen LogP contribution in [-0.2, 0) is 4.74 Å². The third-order valence-electron chi connectivity index (χ3n) is 2.14. The maximum Gasteiger partial charge on any atom is 0.0670 e. The molecule has 0 aliphatic carbocycles. The minimum atomic E-state index is 0.429. The molecule has 0 aromatic carbocycles. The van der Waals surface area contributed by atoms with Crippen LogP contribution in [0, 0.1) is 6.92 Å². The summed E-state index contributed by atoms with van der Waals surface area (Å²) < 4.78 is 5.41. The van der Waals surface area contributed by atoms with Crippen molar-refractivity contribution in [1.82, 2.24) is 5.32 Å². The van der Waals surface area contributed by atoms with Crippen LogP contribution in [0.4, 0.5) is 0 Å². The Kier molecular flexibility index (Phi) is 2.44. The van der Waals surface area contributed by atoms with Gasteiger partial charge in [-0.2, -0.15) is 0 Å². The summed E-state index contributed by atoms with van der Waals surface area (Å²) in [6.45, 7) is 4.80. The van der Waals surface area contributed by atoms with Gasteiger partial charge in [-0.05, 0) is 23.9 Å². The molecule has 2 nitrogen and oxygen atoms in total. The highest BCUT2D eigenvalue weighted by atomic mass is 32.1. The molecule has 1 saturated heterocycles. The Morgan fingerprint density at radius 3 is 3.17 bits per heavy atom. The fourth-order valence-corrected chi connectivity index (χ4v) is 2.46. The van der Waals surface area contributed by atoms with Gasteiger partial charge in [0, 0.05) is 11.4 Å². The number of hydrogen-bond donors (Lipinski definition) is 1. The van der Waals surface area contributed by atoms with Crippen molar-refractivity contribution in [3.8, 4) is 0 Å². The summed E-state index contributed by atoms with van der Waals surface area (Å²) in [5, 5.41) is 5.59. The Morgan fingerprint density at radius 2 is 2.58 bits per heavy atom. The van der Waals surface area contributed by atoms with Crippen LogP contribution < -0.4 is 5.32 Å². The summed E-state index contributed by atoms with van der Waals surface area (Å²) in [4.78, 5) is 1.43.